The minimum atomic E-state index is 0.619. The van der Waals surface area contributed by atoms with Crippen LogP contribution >= 0.6 is 0 Å². The van der Waals surface area contributed by atoms with Crippen molar-refractivity contribution in [1.82, 2.24) is 19.9 Å². The van der Waals surface area contributed by atoms with Crippen LogP contribution in [0.2, 0.25) is 0 Å². The third-order valence-corrected chi connectivity index (χ3v) is 4.01. The topological polar surface area (TPSA) is 53.9 Å². The maximum atomic E-state index is 4.51. The van der Waals surface area contributed by atoms with Crippen molar-refractivity contribution in [2.45, 2.75) is 32.2 Å². The number of likely N-dealkylation sites (N-methyl/N-ethyl adjacent to an activating group) is 1. The highest BCUT2D eigenvalue weighted by Crippen LogP contribution is 2.17. The molecular formula is C15H21N5. The molecule has 5 heteroatoms. The zero-order valence-corrected chi connectivity index (χ0v) is 11.9. The van der Waals surface area contributed by atoms with Crippen molar-refractivity contribution in [3.63, 3.8) is 0 Å². The van der Waals surface area contributed by atoms with Crippen LogP contribution in [0, 0.1) is 0 Å². The Hall–Kier alpha value is -1.75. The second-order valence-corrected chi connectivity index (χ2v) is 5.25. The SMILES string of the molecule is CCN1CCCCC1CNc1ccc2nccnc2n1. The second-order valence-electron chi connectivity index (χ2n) is 5.25. The molecule has 0 aromatic carbocycles. The van der Waals surface area contributed by atoms with Gasteiger partial charge in [-0.05, 0) is 38.1 Å². The summed E-state index contributed by atoms with van der Waals surface area (Å²) < 4.78 is 0. The van der Waals surface area contributed by atoms with Crippen molar-refractivity contribution in [2.75, 3.05) is 25.0 Å². The molecule has 20 heavy (non-hydrogen) atoms. The molecule has 2 aromatic rings. The van der Waals surface area contributed by atoms with Gasteiger partial charge in [0.2, 0.25) is 0 Å². The fourth-order valence-corrected chi connectivity index (χ4v) is 2.88. The first-order chi connectivity index (χ1) is 9.86. The van der Waals surface area contributed by atoms with Gasteiger partial charge >= 0.3 is 0 Å². The lowest BCUT2D eigenvalue weighted by molar-refractivity contribution is 0.164. The number of nitrogens with one attached hydrogen (secondary N) is 1. The molecule has 0 amide bonds. The third kappa shape index (κ3) is 2.88. The Morgan fingerprint density at radius 2 is 2.15 bits per heavy atom. The maximum absolute atomic E-state index is 4.51. The highest BCUT2D eigenvalue weighted by molar-refractivity contribution is 5.71. The molecule has 106 valence electrons. The summed E-state index contributed by atoms with van der Waals surface area (Å²) in [4.78, 5) is 15.5. The molecule has 1 N–H and O–H groups in total. The van der Waals surface area contributed by atoms with Crippen LogP contribution < -0.4 is 5.32 Å². The van der Waals surface area contributed by atoms with Crippen molar-refractivity contribution in [3.05, 3.63) is 24.5 Å². The molecule has 1 saturated heterocycles. The van der Waals surface area contributed by atoms with Crippen LogP contribution in [-0.4, -0.2) is 45.5 Å². The number of piperidine rings is 1. The number of aromatic nitrogens is 3. The Balaban J connectivity index is 1.67. The highest BCUT2D eigenvalue weighted by Gasteiger charge is 2.20. The molecule has 3 rings (SSSR count). The molecule has 0 bridgehead atoms. The molecule has 0 spiro atoms. The number of anilines is 1. The zero-order valence-electron chi connectivity index (χ0n) is 11.9. The van der Waals surface area contributed by atoms with Gasteiger partial charge in [0.1, 0.15) is 11.3 Å². The van der Waals surface area contributed by atoms with Crippen molar-refractivity contribution in [3.8, 4) is 0 Å². The van der Waals surface area contributed by atoms with Gasteiger partial charge in [-0.25, -0.2) is 9.97 Å². The van der Waals surface area contributed by atoms with Crippen molar-refractivity contribution in [2.24, 2.45) is 0 Å². The third-order valence-electron chi connectivity index (χ3n) is 4.01. The average Bonchev–Trinajstić information content (AvgIpc) is 2.53. The van der Waals surface area contributed by atoms with E-state index in [9.17, 15) is 0 Å². The van der Waals surface area contributed by atoms with Gasteiger partial charge in [0.05, 0.1) is 0 Å². The molecule has 2 aromatic heterocycles. The molecule has 0 radical (unpaired) electrons. The summed E-state index contributed by atoms with van der Waals surface area (Å²) in [6, 6.07) is 4.57. The second kappa shape index (κ2) is 6.13. The van der Waals surface area contributed by atoms with Gasteiger partial charge in [0.25, 0.3) is 0 Å². The minimum absolute atomic E-state index is 0.619. The predicted molar refractivity (Wildman–Crippen MR) is 80.7 cm³/mol. The number of rotatable bonds is 4. The zero-order chi connectivity index (χ0) is 13.8. The first-order valence-electron chi connectivity index (χ1n) is 7.42. The van der Waals surface area contributed by atoms with E-state index in [4.69, 9.17) is 0 Å². The molecule has 1 atom stereocenters. The maximum Gasteiger partial charge on any atom is 0.180 e. The van der Waals surface area contributed by atoms with E-state index in [0.717, 1.165) is 24.4 Å². The normalized spacial score (nSPS) is 20.1. The summed E-state index contributed by atoms with van der Waals surface area (Å²) >= 11 is 0. The standard InChI is InChI=1S/C15H21N5/c1-2-20-10-4-3-5-12(20)11-18-14-7-6-13-15(19-14)17-9-8-16-13/h6-9,12H,2-5,10-11H2,1H3,(H,17,18,19). The predicted octanol–water partition coefficient (Wildman–Crippen LogP) is 2.31. The smallest absolute Gasteiger partial charge is 0.180 e. The Morgan fingerprint density at radius 1 is 1.25 bits per heavy atom. The summed E-state index contributed by atoms with van der Waals surface area (Å²) in [5.41, 5.74) is 1.54. The number of fused-ring (bicyclic) bond motifs is 1. The lowest BCUT2D eigenvalue weighted by atomic mass is 10.0. The van der Waals surface area contributed by atoms with Crippen LogP contribution in [0.3, 0.4) is 0 Å². The first-order valence-corrected chi connectivity index (χ1v) is 7.42. The number of pyridine rings is 1. The van der Waals surface area contributed by atoms with Gasteiger partial charge in [-0.1, -0.05) is 13.3 Å². The van der Waals surface area contributed by atoms with Gasteiger partial charge in [-0.3, -0.25) is 9.88 Å². The highest BCUT2D eigenvalue weighted by atomic mass is 15.2. The van der Waals surface area contributed by atoms with E-state index < -0.39 is 0 Å². The summed E-state index contributed by atoms with van der Waals surface area (Å²) in [7, 11) is 0. The molecule has 1 aliphatic heterocycles. The van der Waals surface area contributed by atoms with Gasteiger partial charge in [-0.15, -0.1) is 0 Å². The van der Waals surface area contributed by atoms with Crippen LogP contribution in [0.5, 0.6) is 0 Å². The largest absolute Gasteiger partial charge is 0.368 e. The Labute approximate surface area is 119 Å². The summed E-state index contributed by atoms with van der Waals surface area (Å²) in [5, 5.41) is 3.45. The molecular weight excluding hydrogens is 250 g/mol. The Bertz CT molecular complexity index is 571. The summed E-state index contributed by atoms with van der Waals surface area (Å²) in [6.45, 7) is 5.54. The summed E-state index contributed by atoms with van der Waals surface area (Å²) in [6.07, 6.45) is 7.30. The lowest BCUT2D eigenvalue weighted by Gasteiger charge is -2.35. The van der Waals surface area contributed by atoms with E-state index >= 15 is 0 Å². The van der Waals surface area contributed by atoms with Crippen molar-refractivity contribution >= 4 is 17.0 Å². The van der Waals surface area contributed by atoms with Crippen LogP contribution in [-0.2, 0) is 0 Å². The van der Waals surface area contributed by atoms with Crippen LogP contribution in [0.1, 0.15) is 26.2 Å². The van der Waals surface area contributed by atoms with Crippen molar-refractivity contribution < 1.29 is 0 Å². The lowest BCUT2D eigenvalue weighted by Crippen LogP contribution is -2.43. The summed E-state index contributed by atoms with van der Waals surface area (Å²) in [5.74, 6) is 0.889. The molecule has 0 saturated carbocycles. The van der Waals surface area contributed by atoms with Gasteiger partial charge in [0.15, 0.2) is 5.65 Å². The number of hydrogen-bond donors (Lipinski definition) is 1. The van der Waals surface area contributed by atoms with E-state index in [-0.39, 0.29) is 0 Å². The fourth-order valence-electron chi connectivity index (χ4n) is 2.88. The van der Waals surface area contributed by atoms with E-state index in [2.05, 4.69) is 32.1 Å². The van der Waals surface area contributed by atoms with E-state index in [1.54, 1.807) is 12.4 Å². The van der Waals surface area contributed by atoms with Crippen LogP contribution in [0.25, 0.3) is 11.2 Å². The number of likely N-dealkylation sites (tertiary alicyclic amines) is 1. The van der Waals surface area contributed by atoms with Crippen LogP contribution in [0.4, 0.5) is 5.82 Å². The molecule has 3 heterocycles. The fraction of sp³-hybridized carbons (Fsp3) is 0.533. The van der Waals surface area contributed by atoms with Crippen LogP contribution in [0.15, 0.2) is 24.5 Å². The molecule has 1 fully saturated rings. The van der Waals surface area contributed by atoms with Gasteiger partial charge < -0.3 is 5.32 Å². The first kappa shape index (κ1) is 13.2. The number of nitrogens with zero attached hydrogens (tertiary/aromatic N) is 4. The Morgan fingerprint density at radius 3 is 3.05 bits per heavy atom. The monoisotopic (exact) mass is 271 g/mol. The number of hydrogen-bond acceptors (Lipinski definition) is 5. The van der Waals surface area contributed by atoms with Crippen molar-refractivity contribution in [1.29, 1.82) is 0 Å². The average molecular weight is 271 g/mol. The van der Waals surface area contributed by atoms with E-state index in [0.29, 0.717) is 11.7 Å². The van der Waals surface area contributed by atoms with Gasteiger partial charge in [0, 0.05) is 25.0 Å². The van der Waals surface area contributed by atoms with Gasteiger partial charge in [-0.2, -0.15) is 0 Å². The Kier molecular flexibility index (Phi) is 4.06. The molecule has 1 aliphatic rings. The molecule has 0 aliphatic carbocycles. The molecule has 5 nitrogen and oxygen atoms in total. The molecule has 1 unspecified atom stereocenters. The van der Waals surface area contributed by atoms with E-state index in [1.807, 2.05) is 12.1 Å². The quantitative estimate of drug-likeness (QED) is 0.924. The van der Waals surface area contributed by atoms with E-state index in [1.165, 1.54) is 25.8 Å². The minimum Gasteiger partial charge on any atom is -0.368 e.